The standard InChI is InChI=1S/C25H20N2O7S/c1-15-8-16(2)10-20(9-15)26-24(28)23(12-17-6-7-21-22(11-17)34-14-33-21)35(31,32)25(26)18-4-3-5-19(13-18)27(29)30/h3-13,25H,14H2,1-2H3. The van der Waals surface area contributed by atoms with Crippen molar-refractivity contribution in [3.63, 3.8) is 0 Å². The van der Waals surface area contributed by atoms with E-state index in [-0.39, 0.29) is 18.0 Å². The summed E-state index contributed by atoms with van der Waals surface area (Å²) in [5.74, 6) is 0.256. The van der Waals surface area contributed by atoms with E-state index in [1.54, 1.807) is 30.3 Å². The van der Waals surface area contributed by atoms with Gasteiger partial charge >= 0.3 is 0 Å². The number of ether oxygens (including phenoxy) is 2. The highest BCUT2D eigenvalue weighted by molar-refractivity contribution is 7.97. The summed E-state index contributed by atoms with van der Waals surface area (Å²) in [5.41, 5.74) is 2.38. The molecule has 2 heterocycles. The van der Waals surface area contributed by atoms with Gasteiger partial charge in [0.05, 0.1) is 4.92 Å². The van der Waals surface area contributed by atoms with Crippen molar-refractivity contribution < 1.29 is 27.6 Å². The van der Waals surface area contributed by atoms with Crippen LogP contribution in [0.4, 0.5) is 11.4 Å². The number of rotatable bonds is 4. The third-order valence-electron chi connectivity index (χ3n) is 5.81. The average molecular weight is 493 g/mol. The summed E-state index contributed by atoms with van der Waals surface area (Å²) in [6, 6.07) is 15.6. The number of amides is 1. The number of non-ortho nitro benzene ring substituents is 1. The van der Waals surface area contributed by atoms with Crippen LogP contribution in [-0.4, -0.2) is 26.0 Å². The molecule has 1 amide bonds. The Morgan fingerprint density at radius 3 is 2.43 bits per heavy atom. The van der Waals surface area contributed by atoms with Crippen LogP contribution in [0.3, 0.4) is 0 Å². The van der Waals surface area contributed by atoms with Gasteiger partial charge in [-0.1, -0.05) is 24.3 Å². The molecule has 0 radical (unpaired) electrons. The molecule has 1 unspecified atom stereocenters. The maximum absolute atomic E-state index is 13.8. The molecule has 35 heavy (non-hydrogen) atoms. The smallest absolute Gasteiger partial charge is 0.271 e. The second-order valence-electron chi connectivity index (χ2n) is 8.39. The minimum atomic E-state index is -4.27. The Bertz CT molecular complexity index is 1510. The van der Waals surface area contributed by atoms with Crippen molar-refractivity contribution in [2.45, 2.75) is 19.2 Å². The zero-order chi connectivity index (χ0) is 24.9. The molecule has 2 aliphatic rings. The van der Waals surface area contributed by atoms with Crippen molar-refractivity contribution >= 4 is 33.2 Å². The number of fused-ring (bicyclic) bond motifs is 1. The number of hydrogen-bond acceptors (Lipinski definition) is 7. The van der Waals surface area contributed by atoms with Gasteiger partial charge < -0.3 is 9.47 Å². The third kappa shape index (κ3) is 3.91. The van der Waals surface area contributed by atoms with Crippen LogP contribution in [0.5, 0.6) is 11.5 Å². The molecule has 1 saturated heterocycles. The SMILES string of the molecule is Cc1cc(C)cc(N2C(=O)C(=Cc3ccc4c(c3)OCO4)S(=O)(=O)C2c2cccc([N+](=O)[O-])c2)c1. The number of benzene rings is 3. The van der Waals surface area contributed by atoms with E-state index in [1.165, 1.54) is 35.2 Å². The Kier molecular flexibility index (Phi) is 5.32. The maximum Gasteiger partial charge on any atom is 0.271 e. The molecule has 0 saturated carbocycles. The quantitative estimate of drug-likeness (QED) is 0.300. The van der Waals surface area contributed by atoms with Crippen LogP contribution >= 0.6 is 0 Å². The van der Waals surface area contributed by atoms with Gasteiger partial charge in [-0.3, -0.25) is 19.8 Å². The lowest BCUT2D eigenvalue weighted by Crippen LogP contribution is -2.29. The molecule has 5 rings (SSSR count). The summed E-state index contributed by atoms with van der Waals surface area (Å²) < 4.78 is 38.3. The van der Waals surface area contributed by atoms with Crippen molar-refractivity contribution in [2.24, 2.45) is 0 Å². The first-order valence-electron chi connectivity index (χ1n) is 10.7. The number of sulfone groups is 1. The molecule has 178 valence electrons. The number of nitrogens with zero attached hydrogens (tertiary/aromatic N) is 2. The minimum Gasteiger partial charge on any atom is -0.454 e. The molecule has 0 spiro atoms. The number of carbonyl (C=O) groups excluding carboxylic acids is 1. The Morgan fingerprint density at radius 2 is 1.71 bits per heavy atom. The fraction of sp³-hybridized carbons (Fsp3) is 0.160. The van der Waals surface area contributed by atoms with Gasteiger partial charge in [-0.15, -0.1) is 0 Å². The molecule has 3 aromatic rings. The topological polar surface area (TPSA) is 116 Å². The summed E-state index contributed by atoms with van der Waals surface area (Å²) in [4.78, 5) is 25.2. The maximum atomic E-state index is 13.8. The highest BCUT2D eigenvalue weighted by Crippen LogP contribution is 2.45. The molecule has 0 aliphatic carbocycles. The van der Waals surface area contributed by atoms with E-state index in [0.717, 1.165) is 11.1 Å². The van der Waals surface area contributed by atoms with Gasteiger partial charge in [0.1, 0.15) is 4.91 Å². The van der Waals surface area contributed by atoms with Crippen LogP contribution in [-0.2, 0) is 14.6 Å². The summed E-state index contributed by atoms with van der Waals surface area (Å²) in [5, 5.41) is 9.91. The van der Waals surface area contributed by atoms with Gasteiger partial charge in [-0.05, 0) is 66.4 Å². The molecule has 1 fully saturated rings. The van der Waals surface area contributed by atoms with Gasteiger partial charge in [0, 0.05) is 17.8 Å². The summed E-state index contributed by atoms with van der Waals surface area (Å²) in [6.07, 6.45) is 1.30. The molecule has 9 nitrogen and oxygen atoms in total. The van der Waals surface area contributed by atoms with E-state index in [1.807, 2.05) is 19.9 Å². The zero-order valence-electron chi connectivity index (χ0n) is 18.8. The van der Waals surface area contributed by atoms with Crippen LogP contribution in [0.1, 0.15) is 27.6 Å². The molecular weight excluding hydrogens is 472 g/mol. The highest BCUT2D eigenvalue weighted by atomic mass is 32.2. The first-order valence-corrected chi connectivity index (χ1v) is 12.2. The molecule has 0 aromatic heterocycles. The first-order chi connectivity index (χ1) is 16.6. The van der Waals surface area contributed by atoms with E-state index < -0.39 is 30.9 Å². The Hall–Kier alpha value is -4.18. The first kappa shape index (κ1) is 22.6. The summed E-state index contributed by atoms with van der Waals surface area (Å²) in [6.45, 7) is 3.75. The Labute approximate surface area is 201 Å². The lowest BCUT2D eigenvalue weighted by Gasteiger charge is -2.24. The van der Waals surface area contributed by atoms with Crippen LogP contribution in [0.2, 0.25) is 0 Å². The molecule has 10 heteroatoms. The van der Waals surface area contributed by atoms with Crippen LogP contribution in [0.25, 0.3) is 6.08 Å². The second kappa shape index (κ2) is 8.24. The predicted molar refractivity (Wildman–Crippen MR) is 129 cm³/mol. The summed E-state index contributed by atoms with van der Waals surface area (Å²) in [7, 11) is -4.27. The van der Waals surface area contributed by atoms with Crippen molar-refractivity contribution in [2.75, 3.05) is 11.7 Å². The van der Waals surface area contributed by atoms with Crippen molar-refractivity contribution in [3.8, 4) is 11.5 Å². The van der Waals surface area contributed by atoms with Gasteiger partial charge in [0.2, 0.25) is 16.6 Å². The van der Waals surface area contributed by atoms with E-state index >= 15 is 0 Å². The number of hydrogen-bond donors (Lipinski definition) is 0. The van der Waals surface area contributed by atoms with E-state index in [0.29, 0.717) is 22.7 Å². The second-order valence-corrected chi connectivity index (χ2v) is 10.4. The third-order valence-corrected chi connectivity index (χ3v) is 7.79. The molecule has 1 atom stereocenters. The van der Waals surface area contributed by atoms with Crippen molar-refractivity contribution in [3.05, 3.63) is 97.9 Å². The Balaban J connectivity index is 1.70. The number of nitro groups is 1. The molecule has 0 N–H and O–H groups in total. The predicted octanol–water partition coefficient (Wildman–Crippen LogP) is 4.44. The minimum absolute atomic E-state index is 0.0575. The lowest BCUT2D eigenvalue weighted by molar-refractivity contribution is -0.384. The normalized spacial score (nSPS) is 19.4. The van der Waals surface area contributed by atoms with E-state index in [9.17, 15) is 23.3 Å². The van der Waals surface area contributed by atoms with E-state index in [4.69, 9.17) is 9.47 Å². The molecule has 0 bridgehead atoms. The van der Waals surface area contributed by atoms with Crippen LogP contribution < -0.4 is 14.4 Å². The van der Waals surface area contributed by atoms with Gasteiger partial charge in [-0.2, -0.15) is 0 Å². The number of carbonyl (C=O) groups is 1. The zero-order valence-corrected chi connectivity index (χ0v) is 19.6. The highest BCUT2D eigenvalue weighted by Gasteiger charge is 2.50. The van der Waals surface area contributed by atoms with Gasteiger partial charge in [0.25, 0.3) is 11.6 Å². The van der Waals surface area contributed by atoms with Gasteiger partial charge in [0.15, 0.2) is 16.9 Å². The van der Waals surface area contributed by atoms with E-state index in [2.05, 4.69) is 0 Å². The fourth-order valence-electron chi connectivity index (χ4n) is 4.37. The average Bonchev–Trinajstić information content (AvgIpc) is 3.34. The van der Waals surface area contributed by atoms with Crippen LogP contribution in [0, 0.1) is 24.0 Å². The Morgan fingerprint density at radius 1 is 1.00 bits per heavy atom. The van der Waals surface area contributed by atoms with Crippen molar-refractivity contribution in [1.82, 2.24) is 0 Å². The number of anilines is 1. The van der Waals surface area contributed by atoms with Crippen molar-refractivity contribution in [1.29, 1.82) is 0 Å². The molecule has 3 aromatic carbocycles. The monoisotopic (exact) mass is 492 g/mol. The number of aryl methyl sites for hydroxylation is 2. The molecule has 2 aliphatic heterocycles. The lowest BCUT2D eigenvalue weighted by atomic mass is 10.1. The van der Waals surface area contributed by atoms with Crippen LogP contribution in [0.15, 0.2) is 65.6 Å². The number of nitro benzene ring substituents is 1. The summed E-state index contributed by atoms with van der Waals surface area (Å²) >= 11 is 0. The largest absolute Gasteiger partial charge is 0.454 e. The van der Waals surface area contributed by atoms with Gasteiger partial charge in [-0.25, -0.2) is 8.42 Å². The fourth-order valence-corrected chi connectivity index (χ4v) is 6.25. The molecular formula is C25H20N2O7S.